The van der Waals surface area contributed by atoms with Crippen molar-refractivity contribution in [2.75, 3.05) is 33.4 Å². The number of ether oxygens (including phenoxy) is 1. The zero-order valence-corrected chi connectivity index (χ0v) is 14.3. The Hall–Kier alpha value is -1.41. The summed E-state index contributed by atoms with van der Waals surface area (Å²) in [4.78, 5) is 16.6. The maximum absolute atomic E-state index is 12.6. The van der Waals surface area contributed by atoms with E-state index in [2.05, 4.69) is 4.90 Å². The summed E-state index contributed by atoms with van der Waals surface area (Å²) in [5.74, 6) is 0.0695. The summed E-state index contributed by atoms with van der Waals surface area (Å²) in [6, 6.07) is 3.80. The standard InChI is InChI=1S/C17H27N3O4/c1-18-7-3-4-13(18)17(23)20-8-5-12(6-9-20)19(2)14-10-24-11-15(21)16(14)22/h3-4,7,12,14-16,21-22H,5-6,8-11H2,1-2H3/t14-,15-,16+/m1/s1. The number of hydrogen-bond donors (Lipinski definition) is 2. The number of likely N-dealkylation sites (tertiary alicyclic amines) is 1. The van der Waals surface area contributed by atoms with Crippen LogP contribution in [0.15, 0.2) is 18.3 Å². The maximum Gasteiger partial charge on any atom is 0.270 e. The molecule has 3 heterocycles. The molecule has 134 valence electrons. The summed E-state index contributed by atoms with van der Waals surface area (Å²) in [6.45, 7) is 2.02. The van der Waals surface area contributed by atoms with Crippen molar-refractivity contribution in [3.63, 3.8) is 0 Å². The number of piperidine rings is 1. The molecule has 0 spiro atoms. The van der Waals surface area contributed by atoms with Crippen LogP contribution in [0.2, 0.25) is 0 Å². The maximum atomic E-state index is 12.6. The molecule has 2 N–H and O–H groups in total. The highest BCUT2D eigenvalue weighted by Crippen LogP contribution is 2.23. The zero-order chi connectivity index (χ0) is 17.3. The van der Waals surface area contributed by atoms with Crippen molar-refractivity contribution in [2.45, 2.75) is 37.1 Å². The molecule has 24 heavy (non-hydrogen) atoms. The van der Waals surface area contributed by atoms with Gasteiger partial charge in [-0.25, -0.2) is 0 Å². The molecule has 0 saturated carbocycles. The lowest BCUT2D eigenvalue weighted by Crippen LogP contribution is -2.58. The molecule has 3 rings (SSSR count). The quantitative estimate of drug-likeness (QED) is 0.791. The number of amides is 1. The summed E-state index contributed by atoms with van der Waals surface area (Å²) >= 11 is 0. The summed E-state index contributed by atoms with van der Waals surface area (Å²) < 4.78 is 7.22. The summed E-state index contributed by atoms with van der Waals surface area (Å²) in [6.07, 6.45) is 1.97. The minimum Gasteiger partial charge on any atom is -0.389 e. The number of rotatable bonds is 3. The number of aliphatic hydroxyl groups excluding tert-OH is 2. The van der Waals surface area contributed by atoms with Crippen molar-refractivity contribution in [2.24, 2.45) is 7.05 Å². The monoisotopic (exact) mass is 337 g/mol. The van der Waals surface area contributed by atoms with E-state index in [0.29, 0.717) is 25.4 Å². The first-order valence-electron chi connectivity index (χ1n) is 8.55. The molecule has 0 aliphatic carbocycles. The third-order valence-corrected chi connectivity index (χ3v) is 5.38. The molecule has 0 bridgehead atoms. The Kier molecular flexibility index (Phi) is 5.24. The van der Waals surface area contributed by atoms with Crippen LogP contribution in [0.25, 0.3) is 0 Å². The van der Waals surface area contributed by atoms with Gasteiger partial charge in [0.1, 0.15) is 11.8 Å². The second kappa shape index (κ2) is 7.23. The second-order valence-corrected chi connectivity index (χ2v) is 6.86. The highest BCUT2D eigenvalue weighted by molar-refractivity contribution is 5.92. The molecule has 1 amide bonds. The van der Waals surface area contributed by atoms with E-state index in [0.717, 1.165) is 12.8 Å². The fraction of sp³-hybridized carbons (Fsp3) is 0.706. The number of carbonyl (C=O) groups is 1. The fourth-order valence-electron chi connectivity index (χ4n) is 3.71. The molecule has 1 aromatic rings. The van der Waals surface area contributed by atoms with E-state index in [1.807, 2.05) is 41.9 Å². The van der Waals surface area contributed by atoms with Crippen molar-refractivity contribution >= 4 is 5.91 Å². The first kappa shape index (κ1) is 17.4. The summed E-state index contributed by atoms with van der Waals surface area (Å²) in [5.41, 5.74) is 0.709. The van der Waals surface area contributed by atoms with Crippen molar-refractivity contribution in [1.82, 2.24) is 14.4 Å². The highest BCUT2D eigenvalue weighted by Gasteiger charge is 2.37. The Labute approximate surface area is 142 Å². The van der Waals surface area contributed by atoms with Crippen LogP contribution in [-0.2, 0) is 11.8 Å². The first-order chi connectivity index (χ1) is 11.5. The lowest BCUT2D eigenvalue weighted by atomic mass is 9.97. The van der Waals surface area contributed by atoms with E-state index in [4.69, 9.17) is 4.74 Å². The van der Waals surface area contributed by atoms with Gasteiger partial charge in [-0.3, -0.25) is 9.69 Å². The minimum atomic E-state index is -0.829. The molecule has 0 radical (unpaired) electrons. The lowest BCUT2D eigenvalue weighted by Gasteiger charge is -2.44. The number of aryl methyl sites for hydroxylation is 1. The van der Waals surface area contributed by atoms with Gasteiger partial charge in [0.05, 0.1) is 25.4 Å². The molecule has 0 aromatic carbocycles. The van der Waals surface area contributed by atoms with Gasteiger partial charge in [-0.05, 0) is 32.0 Å². The summed E-state index contributed by atoms with van der Waals surface area (Å²) in [7, 11) is 3.85. The fourth-order valence-corrected chi connectivity index (χ4v) is 3.71. The van der Waals surface area contributed by atoms with Gasteiger partial charge in [-0.15, -0.1) is 0 Å². The Morgan fingerprint density at radius 3 is 2.62 bits per heavy atom. The van der Waals surface area contributed by atoms with Gasteiger partial charge in [0.25, 0.3) is 5.91 Å². The van der Waals surface area contributed by atoms with Crippen LogP contribution in [0.3, 0.4) is 0 Å². The lowest BCUT2D eigenvalue weighted by molar-refractivity contribution is -0.136. The third-order valence-electron chi connectivity index (χ3n) is 5.38. The van der Waals surface area contributed by atoms with E-state index in [1.54, 1.807) is 0 Å². The molecule has 2 aliphatic rings. The van der Waals surface area contributed by atoms with Crippen LogP contribution in [0, 0.1) is 0 Å². The molecular weight excluding hydrogens is 310 g/mol. The normalized spacial score (nSPS) is 29.2. The molecule has 2 fully saturated rings. The number of likely N-dealkylation sites (N-methyl/N-ethyl adjacent to an activating group) is 1. The van der Waals surface area contributed by atoms with Gasteiger partial charge in [0.15, 0.2) is 0 Å². The topological polar surface area (TPSA) is 78.2 Å². The van der Waals surface area contributed by atoms with Crippen LogP contribution < -0.4 is 0 Å². The van der Waals surface area contributed by atoms with Crippen LogP contribution in [0.4, 0.5) is 0 Å². The molecule has 0 unspecified atom stereocenters. The van der Waals surface area contributed by atoms with Crippen LogP contribution in [-0.4, -0.2) is 88.1 Å². The zero-order valence-electron chi connectivity index (χ0n) is 14.3. The highest BCUT2D eigenvalue weighted by atomic mass is 16.5. The summed E-state index contributed by atoms with van der Waals surface area (Å²) in [5, 5.41) is 20.0. The van der Waals surface area contributed by atoms with Crippen molar-refractivity contribution in [3.05, 3.63) is 24.0 Å². The second-order valence-electron chi connectivity index (χ2n) is 6.86. The minimum absolute atomic E-state index is 0.0695. The van der Waals surface area contributed by atoms with Crippen LogP contribution in [0.1, 0.15) is 23.3 Å². The van der Waals surface area contributed by atoms with Gasteiger partial charge in [0, 0.05) is 32.4 Å². The Morgan fingerprint density at radius 1 is 1.29 bits per heavy atom. The number of carbonyl (C=O) groups excluding carboxylic acids is 1. The smallest absolute Gasteiger partial charge is 0.270 e. The van der Waals surface area contributed by atoms with Gasteiger partial charge in [0.2, 0.25) is 0 Å². The number of hydrogen-bond acceptors (Lipinski definition) is 5. The molecule has 3 atom stereocenters. The molecule has 1 aromatic heterocycles. The van der Waals surface area contributed by atoms with E-state index in [1.165, 1.54) is 0 Å². The molecule has 2 saturated heterocycles. The van der Waals surface area contributed by atoms with E-state index in [-0.39, 0.29) is 24.6 Å². The third kappa shape index (κ3) is 3.35. The molecule has 7 heteroatoms. The van der Waals surface area contributed by atoms with Gasteiger partial charge in [-0.2, -0.15) is 0 Å². The van der Waals surface area contributed by atoms with E-state index < -0.39 is 12.2 Å². The largest absolute Gasteiger partial charge is 0.389 e. The van der Waals surface area contributed by atoms with E-state index >= 15 is 0 Å². The van der Waals surface area contributed by atoms with Crippen molar-refractivity contribution in [1.29, 1.82) is 0 Å². The predicted octanol–water partition coefficient (Wildman–Crippen LogP) is -0.318. The number of aliphatic hydroxyl groups is 2. The Balaban J connectivity index is 1.57. The average Bonchev–Trinajstić information content (AvgIpc) is 3.02. The predicted molar refractivity (Wildman–Crippen MR) is 88.7 cm³/mol. The van der Waals surface area contributed by atoms with Gasteiger partial charge < -0.3 is 24.4 Å². The number of nitrogens with zero attached hydrogens (tertiary/aromatic N) is 3. The van der Waals surface area contributed by atoms with E-state index in [9.17, 15) is 15.0 Å². The molecular formula is C17H27N3O4. The average molecular weight is 337 g/mol. The Morgan fingerprint density at radius 2 is 2.00 bits per heavy atom. The molecule has 7 nitrogen and oxygen atoms in total. The SMILES string of the molecule is CN(C1CCN(C(=O)c2cccn2C)CC1)[C@@H]1COC[C@@H](O)[C@H]1O. The van der Waals surface area contributed by atoms with Crippen LogP contribution >= 0.6 is 0 Å². The Bertz CT molecular complexity index is 568. The van der Waals surface area contributed by atoms with Crippen molar-refractivity contribution in [3.8, 4) is 0 Å². The van der Waals surface area contributed by atoms with Crippen molar-refractivity contribution < 1.29 is 19.7 Å². The number of aromatic nitrogens is 1. The van der Waals surface area contributed by atoms with Gasteiger partial charge in [-0.1, -0.05) is 0 Å². The molecule has 2 aliphatic heterocycles. The first-order valence-corrected chi connectivity index (χ1v) is 8.55. The van der Waals surface area contributed by atoms with Gasteiger partial charge >= 0.3 is 0 Å². The van der Waals surface area contributed by atoms with Crippen LogP contribution in [0.5, 0.6) is 0 Å².